The molecule has 128 valence electrons. The molecule has 0 heterocycles. The first kappa shape index (κ1) is 19.0. The lowest BCUT2D eigenvalue weighted by molar-refractivity contribution is -0.120. The minimum absolute atomic E-state index is 0.0598. The number of rotatable bonds is 6. The summed E-state index contributed by atoms with van der Waals surface area (Å²) in [5.41, 5.74) is 1.80. The largest absolute Gasteiger partial charge is 0.496 e. The summed E-state index contributed by atoms with van der Waals surface area (Å²) in [5.74, 6) is 0.767. The molecule has 0 aromatic heterocycles. The molecule has 0 aliphatic rings. The van der Waals surface area contributed by atoms with Crippen molar-refractivity contribution >= 4 is 43.5 Å². The summed E-state index contributed by atoms with van der Waals surface area (Å²) in [7, 11) is 3.58. The molecule has 0 saturated heterocycles. The first-order chi connectivity index (χ1) is 11.4. The zero-order valence-electron chi connectivity index (χ0n) is 13.8. The van der Waals surface area contributed by atoms with Gasteiger partial charge in [-0.25, -0.2) is 0 Å². The minimum Gasteiger partial charge on any atom is -0.496 e. The van der Waals surface area contributed by atoms with Crippen molar-refractivity contribution in [2.75, 3.05) is 19.5 Å². The van der Waals surface area contributed by atoms with Crippen LogP contribution in [0.25, 0.3) is 0 Å². The Kier molecular flexibility index (Phi) is 6.83. The van der Waals surface area contributed by atoms with E-state index < -0.39 is 0 Å². The molecular weight excluding hydrogens is 436 g/mol. The number of nitrogens with zero attached hydrogens (tertiary/aromatic N) is 1. The Labute approximate surface area is 159 Å². The summed E-state index contributed by atoms with van der Waals surface area (Å²) >= 11 is 6.86. The van der Waals surface area contributed by atoms with E-state index in [-0.39, 0.29) is 11.9 Å². The predicted molar refractivity (Wildman–Crippen MR) is 104 cm³/mol. The molecule has 4 nitrogen and oxygen atoms in total. The number of hydrogen-bond acceptors (Lipinski definition) is 3. The fraction of sp³-hybridized carbons (Fsp3) is 0.278. The Morgan fingerprint density at radius 3 is 2.62 bits per heavy atom. The molecule has 0 fully saturated rings. The second-order valence-corrected chi connectivity index (χ2v) is 7.29. The van der Waals surface area contributed by atoms with Crippen LogP contribution in [0.3, 0.4) is 0 Å². The third kappa shape index (κ3) is 4.82. The lowest BCUT2D eigenvalue weighted by Gasteiger charge is -2.25. The SMILES string of the molecule is COc1ccccc1CN(C)C(C)C(=O)Nc1ccc(Br)cc1Br. The lowest BCUT2D eigenvalue weighted by atomic mass is 10.1. The van der Waals surface area contributed by atoms with E-state index in [1.54, 1.807) is 7.11 Å². The molecule has 24 heavy (non-hydrogen) atoms. The van der Waals surface area contributed by atoms with Crippen LogP contribution in [0.2, 0.25) is 0 Å². The lowest BCUT2D eigenvalue weighted by Crippen LogP contribution is -2.39. The number of ether oxygens (including phenoxy) is 1. The predicted octanol–water partition coefficient (Wildman–Crippen LogP) is 4.68. The van der Waals surface area contributed by atoms with Crippen molar-refractivity contribution < 1.29 is 9.53 Å². The van der Waals surface area contributed by atoms with Crippen LogP contribution in [-0.4, -0.2) is 31.0 Å². The highest BCUT2D eigenvalue weighted by Gasteiger charge is 2.20. The summed E-state index contributed by atoms with van der Waals surface area (Å²) in [4.78, 5) is 14.5. The van der Waals surface area contributed by atoms with Gasteiger partial charge in [0, 0.05) is 21.1 Å². The van der Waals surface area contributed by atoms with Crippen LogP contribution < -0.4 is 10.1 Å². The Bertz CT molecular complexity index is 722. The fourth-order valence-electron chi connectivity index (χ4n) is 2.27. The van der Waals surface area contributed by atoms with Crippen LogP contribution in [0.4, 0.5) is 5.69 Å². The number of hydrogen-bond donors (Lipinski definition) is 1. The highest BCUT2D eigenvalue weighted by atomic mass is 79.9. The fourth-order valence-corrected chi connectivity index (χ4v) is 3.41. The van der Waals surface area contributed by atoms with Crippen LogP contribution in [0.15, 0.2) is 51.4 Å². The molecule has 1 unspecified atom stereocenters. The molecule has 1 atom stereocenters. The van der Waals surface area contributed by atoms with Crippen molar-refractivity contribution in [1.29, 1.82) is 0 Å². The van der Waals surface area contributed by atoms with Gasteiger partial charge in [-0.05, 0) is 54.2 Å². The smallest absolute Gasteiger partial charge is 0.241 e. The van der Waals surface area contributed by atoms with E-state index in [2.05, 4.69) is 37.2 Å². The average molecular weight is 456 g/mol. The third-order valence-electron chi connectivity index (χ3n) is 3.84. The molecule has 0 aliphatic heterocycles. The zero-order valence-corrected chi connectivity index (χ0v) is 17.0. The van der Waals surface area contributed by atoms with Crippen molar-refractivity contribution in [1.82, 2.24) is 4.90 Å². The average Bonchev–Trinajstić information content (AvgIpc) is 2.57. The van der Waals surface area contributed by atoms with Gasteiger partial charge in [-0.2, -0.15) is 0 Å². The number of likely N-dealkylation sites (N-methyl/N-ethyl adjacent to an activating group) is 1. The van der Waals surface area contributed by atoms with Gasteiger partial charge in [0.1, 0.15) is 5.75 Å². The second-order valence-electron chi connectivity index (χ2n) is 5.52. The van der Waals surface area contributed by atoms with Gasteiger partial charge in [-0.15, -0.1) is 0 Å². The van der Waals surface area contributed by atoms with E-state index in [0.29, 0.717) is 6.54 Å². The van der Waals surface area contributed by atoms with E-state index in [1.165, 1.54) is 0 Å². The highest BCUT2D eigenvalue weighted by molar-refractivity contribution is 9.11. The Morgan fingerprint density at radius 2 is 1.96 bits per heavy atom. The van der Waals surface area contributed by atoms with Crippen LogP contribution in [-0.2, 0) is 11.3 Å². The maximum atomic E-state index is 12.5. The second kappa shape index (κ2) is 8.65. The van der Waals surface area contributed by atoms with Crippen molar-refractivity contribution in [2.45, 2.75) is 19.5 Å². The summed E-state index contributed by atoms with van der Waals surface area (Å²) in [6, 6.07) is 13.2. The molecule has 0 bridgehead atoms. The molecule has 0 saturated carbocycles. The number of nitrogens with one attached hydrogen (secondary N) is 1. The van der Waals surface area contributed by atoms with Gasteiger partial charge in [0.2, 0.25) is 5.91 Å². The number of benzene rings is 2. The number of para-hydroxylation sites is 1. The number of anilines is 1. The van der Waals surface area contributed by atoms with Gasteiger partial charge < -0.3 is 10.1 Å². The van der Waals surface area contributed by atoms with E-state index >= 15 is 0 Å². The summed E-state index contributed by atoms with van der Waals surface area (Å²) in [6.07, 6.45) is 0. The van der Waals surface area contributed by atoms with Gasteiger partial charge in [0.05, 0.1) is 18.8 Å². The number of methoxy groups -OCH3 is 1. The molecule has 1 N–H and O–H groups in total. The van der Waals surface area contributed by atoms with Crippen molar-refractivity contribution in [3.05, 3.63) is 57.0 Å². The summed E-state index contributed by atoms with van der Waals surface area (Å²) in [6.45, 7) is 2.51. The van der Waals surface area contributed by atoms with Crippen molar-refractivity contribution in [2.24, 2.45) is 0 Å². The van der Waals surface area contributed by atoms with E-state index in [1.807, 2.05) is 61.3 Å². The minimum atomic E-state index is -0.287. The molecule has 2 rings (SSSR count). The van der Waals surface area contributed by atoms with Gasteiger partial charge >= 0.3 is 0 Å². The monoisotopic (exact) mass is 454 g/mol. The first-order valence-electron chi connectivity index (χ1n) is 7.50. The zero-order chi connectivity index (χ0) is 17.7. The highest BCUT2D eigenvalue weighted by Crippen LogP contribution is 2.26. The van der Waals surface area contributed by atoms with Gasteiger partial charge in [0.25, 0.3) is 0 Å². The standard InChI is InChI=1S/C18H20Br2N2O2/c1-12(18(23)21-16-9-8-14(19)10-15(16)20)22(2)11-13-6-4-5-7-17(13)24-3/h4-10,12H,11H2,1-3H3,(H,21,23). The molecule has 0 aliphatic carbocycles. The van der Waals surface area contributed by atoms with Gasteiger partial charge in [-0.1, -0.05) is 34.1 Å². The number of amides is 1. The topological polar surface area (TPSA) is 41.6 Å². The molecule has 1 amide bonds. The Balaban J connectivity index is 2.04. The molecule has 2 aromatic carbocycles. The molecule has 0 radical (unpaired) electrons. The number of halogens is 2. The number of carbonyl (C=O) groups is 1. The van der Waals surface area contributed by atoms with Gasteiger partial charge in [-0.3, -0.25) is 9.69 Å². The Hall–Kier alpha value is -1.37. The van der Waals surface area contributed by atoms with Crippen LogP contribution in [0.1, 0.15) is 12.5 Å². The quantitative estimate of drug-likeness (QED) is 0.687. The maximum Gasteiger partial charge on any atom is 0.241 e. The van der Waals surface area contributed by atoms with Crippen LogP contribution in [0, 0.1) is 0 Å². The van der Waals surface area contributed by atoms with Gasteiger partial charge in [0.15, 0.2) is 0 Å². The summed E-state index contributed by atoms with van der Waals surface area (Å²) in [5, 5.41) is 2.95. The molecule has 6 heteroatoms. The number of carbonyl (C=O) groups excluding carboxylic acids is 1. The first-order valence-corrected chi connectivity index (χ1v) is 9.09. The molecule has 2 aromatic rings. The van der Waals surface area contributed by atoms with E-state index in [0.717, 1.165) is 25.9 Å². The van der Waals surface area contributed by atoms with Crippen molar-refractivity contribution in [3.8, 4) is 5.75 Å². The van der Waals surface area contributed by atoms with E-state index in [9.17, 15) is 4.79 Å². The Morgan fingerprint density at radius 1 is 1.25 bits per heavy atom. The maximum absolute atomic E-state index is 12.5. The third-order valence-corrected chi connectivity index (χ3v) is 4.99. The van der Waals surface area contributed by atoms with Crippen LogP contribution >= 0.6 is 31.9 Å². The summed E-state index contributed by atoms with van der Waals surface area (Å²) < 4.78 is 7.16. The van der Waals surface area contributed by atoms with Crippen LogP contribution in [0.5, 0.6) is 5.75 Å². The van der Waals surface area contributed by atoms with Crippen molar-refractivity contribution in [3.63, 3.8) is 0 Å². The molecular formula is C18H20Br2N2O2. The molecule has 0 spiro atoms. The van der Waals surface area contributed by atoms with E-state index in [4.69, 9.17) is 4.74 Å². The normalized spacial score (nSPS) is 12.1.